The molecule has 0 aromatic heterocycles. The van der Waals surface area contributed by atoms with Gasteiger partial charge in [0.25, 0.3) is 0 Å². The van der Waals surface area contributed by atoms with Gasteiger partial charge in [-0.05, 0) is 24.6 Å². The molecule has 0 aliphatic carbocycles. The Labute approximate surface area is 95.2 Å². The lowest BCUT2D eigenvalue weighted by molar-refractivity contribution is -0.137. The van der Waals surface area contributed by atoms with E-state index >= 15 is 0 Å². The van der Waals surface area contributed by atoms with Crippen LogP contribution in [0.3, 0.4) is 0 Å². The van der Waals surface area contributed by atoms with Gasteiger partial charge in [-0.25, -0.2) is 0 Å². The van der Waals surface area contributed by atoms with Gasteiger partial charge in [0.05, 0.1) is 5.56 Å². The van der Waals surface area contributed by atoms with Crippen molar-refractivity contribution in [3.05, 3.63) is 29.3 Å². The van der Waals surface area contributed by atoms with E-state index in [0.29, 0.717) is 0 Å². The average Bonchev–Trinajstić information content (AvgIpc) is 2.15. The first kappa shape index (κ1) is 12.8. The zero-order valence-corrected chi connectivity index (χ0v) is 9.06. The van der Waals surface area contributed by atoms with Crippen molar-refractivity contribution in [1.29, 1.82) is 0 Å². The molecule has 16 heavy (non-hydrogen) atoms. The molecule has 1 aromatic carbocycles. The number of anilines is 1. The third kappa shape index (κ3) is 2.66. The van der Waals surface area contributed by atoms with Crippen molar-refractivity contribution >= 4 is 23.1 Å². The zero-order valence-electron chi connectivity index (χ0n) is 8.31. The van der Waals surface area contributed by atoms with Crippen LogP contribution in [0.1, 0.15) is 23.4 Å². The van der Waals surface area contributed by atoms with Crippen LogP contribution < -0.4 is 5.73 Å². The summed E-state index contributed by atoms with van der Waals surface area (Å²) < 4.78 is 37.5. The summed E-state index contributed by atoms with van der Waals surface area (Å²) in [5.74, 6) is -0.417. The summed E-state index contributed by atoms with van der Waals surface area (Å²) in [5.41, 5.74) is 3.94. The molecule has 6 heteroatoms. The van der Waals surface area contributed by atoms with Gasteiger partial charge in [0.15, 0.2) is 5.78 Å². The van der Waals surface area contributed by atoms with E-state index in [-0.39, 0.29) is 11.3 Å². The quantitative estimate of drug-likeness (QED) is 0.648. The molecule has 0 fully saturated rings. The lowest BCUT2D eigenvalue weighted by Gasteiger charge is -2.13. The van der Waals surface area contributed by atoms with Gasteiger partial charge in [-0.1, -0.05) is 6.07 Å². The molecule has 0 heterocycles. The maximum Gasteiger partial charge on any atom is 0.418 e. The summed E-state index contributed by atoms with van der Waals surface area (Å²) in [7, 11) is 0. The van der Waals surface area contributed by atoms with Gasteiger partial charge in [0, 0.05) is 5.69 Å². The summed E-state index contributed by atoms with van der Waals surface area (Å²) in [6.07, 6.45) is -4.55. The van der Waals surface area contributed by atoms with Crippen LogP contribution in [-0.4, -0.2) is 5.78 Å². The van der Waals surface area contributed by atoms with E-state index in [2.05, 4.69) is 0 Å². The molecule has 1 aromatic rings. The molecule has 0 radical (unpaired) electrons. The van der Waals surface area contributed by atoms with E-state index < -0.39 is 22.9 Å². The fourth-order valence-electron chi connectivity index (χ4n) is 1.21. The van der Waals surface area contributed by atoms with Crippen LogP contribution in [0.25, 0.3) is 0 Å². The number of nitrogens with two attached hydrogens (primary N) is 1. The molecular weight excluding hydrogens is 243 g/mol. The number of halogens is 4. The Hall–Kier alpha value is -1.23. The number of carbonyl (C=O) groups is 1. The highest BCUT2D eigenvalue weighted by molar-refractivity contribution is 6.30. The van der Waals surface area contributed by atoms with Crippen molar-refractivity contribution in [2.75, 3.05) is 5.73 Å². The molecule has 0 saturated carbocycles. The molecule has 1 atom stereocenters. The minimum atomic E-state index is -4.55. The third-order valence-corrected chi connectivity index (χ3v) is 2.59. The van der Waals surface area contributed by atoms with Crippen molar-refractivity contribution in [2.45, 2.75) is 18.5 Å². The Morgan fingerprint density at radius 2 is 2.00 bits per heavy atom. The molecular formula is C10H9ClF3NO. The second kappa shape index (κ2) is 4.33. The van der Waals surface area contributed by atoms with Gasteiger partial charge >= 0.3 is 6.18 Å². The summed E-state index contributed by atoms with van der Waals surface area (Å²) in [4.78, 5) is 10.9. The molecule has 1 rings (SSSR count). The smallest absolute Gasteiger partial charge is 0.398 e. The van der Waals surface area contributed by atoms with E-state index in [0.717, 1.165) is 12.1 Å². The lowest BCUT2D eigenvalue weighted by atomic mass is 10.0. The predicted molar refractivity (Wildman–Crippen MR) is 55.1 cm³/mol. The van der Waals surface area contributed by atoms with Crippen molar-refractivity contribution in [3.8, 4) is 0 Å². The van der Waals surface area contributed by atoms with Crippen molar-refractivity contribution < 1.29 is 18.0 Å². The van der Waals surface area contributed by atoms with E-state index in [1.165, 1.54) is 13.0 Å². The van der Waals surface area contributed by atoms with Gasteiger partial charge in [-0.2, -0.15) is 13.2 Å². The fourth-order valence-corrected chi connectivity index (χ4v) is 1.35. The fraction of sp³-hybridized carbons (Fsp3) is 0.300. The van der Waals surface area contributed by atoms with Gasteiger partial charge < -0.3 is 5.73 Å². The summed E-state index contributed by atoms with van der Waals surface area (Å²) in [5, 5.41) is -1.08. The Morgan fingerprint density at radius 3 is 2.44 bits per heavy atom. The second-order valence-electron chi connectivity index (χ2n) is 3.32. The SMILES string of the molecule is CC(=O)C(Cl)c1ccc(N)c(C(F)(F)F)c1. The molecule has 0 aliphatic rings. The Bertz CT molecular complexity index is 417. The molecule has 2 N–H and O–H groups in total. The number of carbonyl (C=O) groups excluding carboxylic acids is 1. The Morgan fingerprint density at radius 1 is 1.44 bits per heavy atom. The monoisotopic (exact) mass is 251 g/mol. The van der Waals surface area contributed by atoms with Crippen LogP contribution in [0.2, 0.25) is 0 Å². The first-order valence-electron chi connectivity index (χ1n) is 4.34. The predicted octanol–water partition coefficient (Wildman–Crippen LogP) is 3.16. The summed E-state index contributed by atoms with van der Waals surface area (Å²) >= 11 is 5.66. The highest BCUT2D eigenvalue weighted by Gasteiger charge is 2.33. The number of hydrogen-bond donors (Lipinski definition) is 1. The highest BCUT2D eigenvalue weighted by Crippen LogP contribution is 2.36. The van der Waals surface area contributed by atoms with Crippen molar-refractivity contribution in [3.63, 3.8) is 0 Å². The van der Waals surface area contributed by atoms with E-state index in [4.69, 9.17) is 17.3 Å². The lowest BCUT2D eigenvalue weighted by Crippen LogP contribution is -2.11. The average molecular weight is 252 g/mol. The van der Waals surface area contributed by atoms with E-state index in [1.54, 1.807) is 0 Å². The van der Waals surface area contributed by atoms with Crippen molar-refractivity contribution in [2.24, 2.45) is 0 Å². The Balaban J connectivity index is 3.23. The van der Waals surface area contributed by atoms with Crippen LogP contribution >= 0.6 is 11.6 Å². The molecule has 0 amide bonds. The second-order valence-corrected chi connectivity index (χ2v) is 3.75. The summed E-state index contributed by atoms with van der Waals surface area (Å²) in [6.45, 7) is 1.21. The number of Topliss-reactive ketones (excluding diaryl/α,β-unsaturated/α-hetero) is 1. The third-order valence-electron chi connectivity index (χ3n) is 2.03. The van der Waals surface area contributed by atoms with Crippen LogP contribution in [-0.2, 0) is 11.0 Å². The number of hydrogen-bond acceptors (Lipinski definition) is 2. The van der Waals surface area contributed by atoms with Gasteiger partial charge in [-0.15, -0.1) is 11.6 Å². The van der Waals surface area contributed by atoms with Crippen LogP contribution in [0.4, 0.5) is 18.9 Å². The number of alkyl halides is 4. The van der Waals surface area contributed by atoms with Gasteiger partial charge in [-0.3, -0.25) is 4.79 Å². The molecule has 88 valence electrons. The minimum absolute atomic E-state index is 0.0932. The van der Waals surface area contributed by atoms with Gasteiger partial charge in [0.2, 0.25) is 0 Å². The maximum absolute atomic E-state index is 12.5. The molecule has 0 bridgehead atoms. The maximum atomic E-state index is 12.5. The summed E-state index contributed by atoms with van der Waals surface area (Å²) in [6, 6.07) is 3.20. The first-order valence-corrected chi connectivity index (χ1v) is 4.78. The normalized spacial score (nSPS) is 13.6. The number of benzene rings is 1. The zero-order chi connectivity index (χ0) is 12.5. The van der Waals surface area contributed by atoms with Crippen LogP contribution in [0.5, 0.6) is 0 Å². The number of nitrogen functional groups attached to an aromatic ring is 1. The molecule has 2 nitrogen and oxygen atoms in total. The molecule has 0 aliphatic heterocycles. The number of ketones is 1. The van der Waals surface area contributed by atoms with Crippen molar-refractivity contribution in [1.82, 2.24) is 0 Å². The molecule has 0 spiro atoms. The first-order chi connectivity index (χ1) is 7.23. The standard InChI is InChI=1S/C10H9ClF3NO/c1-5(16)9(11)6-2-3-8(15)7(4-6)10(12,13)14/h2-4,9H,15H2,1H3. The van der Waals surface area contributed by atoms with E-state index in [1.807, 2.05) is 0 Å². The minimum Gasteiger partial charge on any atom is -0.398 e. The Kier molecular flexibility index (Phi) is 3.48. The largest absolute Gasteiger partial charge is 0.418 e. The van der Waals surface area contributed by atoms with Crippen LogP contribution in [0.15, 0.2) is 18.2 Å². The van der Waals surface area contributed by atoms with E-state index in [9.17, 15) is 18.0 Å². The topological polar surface area (TPSA) is 43.1 Å². The molecule has 1 unspecified atom stereocenters. The van der Waals surface area contributed by atoms with Gasteiger partial charge in [0.1, 0.15) is 5.38 Å². The molecule has 0 saturated heterocycles. The highest BCUT2D eigenvalue weighted by atomic mass is 35.5. The van der Waals surface area contributed by atoms with Crippen LogP contribution in [0, 0.1) is 0 Å². The number of rotatable bonds is 2.